The van der Waals surface area contributed by atoms with Crippen molar-refractivity contribution in [2.45, 2.75) is 6.92 Å². The van der Waals surface area contributed by atoms with Crippen LogP contribution in [0.2, 0.25) is 0 Å². The number of hydrogen-bond acceptors (Lipinski definition) is 4. The zero-order valence-electron chi connectivity index (χ0n) is 13.3. The normalized spacial score (nSPS) is 15.2. The molecule has 0 radical (unpaired) electrons. The molecule has 0 spiro atoms. The maximum Gasteiger partial charge on any atom is 0.0905 e. The molecule has 4 heteroatoms. The van der Waals surface area contributed by atoms with E-state index in [1.165, 1.54) is 22.3 Å². The van der Waals surface area contributed by atoms with Crippen molar-refractivity contribution in [1.82, 2.24) is 9.97 Å². The van der Waals surface area contributed by atoms with E-state index in [4.69, 9.17) is 0 Å². The summed E-state index contributed by atoms with van der Waals surface area (Å²) in [4.78, 5) is 13.5. The number of nitrogens with zero attached hydrogens (tertiary/aromatic N) is 4. The molecule has 0 bridgehead atoms. The standard InChI is InChI=1S/C19H20N4/c1-15-3-2-4-16(13-15)22-9-11-23(12-10-22)19-6-8-21-18-14-20-7-5-17(18)19/h2-8,13-14H,9-12H2,1H3. The molecule has 23 heavy (non-hydrogen) atoms. The Morgan fingerprint density at radius 1 is 0.913 bits per heavy atom. The van der Waals surface area contributed by atoms with Gasteiger partial charge in [-0.1, -0.05) is 12.1 Å². The van der Waals surface area contributed by atoms with Gasteiger partial charge in [0.2, 0.25) is 0 Å². The molecule has 4 rings (SSSR count). The van der Waals surface area contributed by atoms with Gasteiger partial charge < -0.3 is 9.80 Å². The highest BCUT2D eigenvalue weighted by atomic mass is 15.3. The topological polar surface area (TPSA) is 32.3 Å². The highest BCUT2D eigenvalue weighted by Crippen LogP contribution is 2.26. The van der Waals surface area contributed by atoms with Crippen LogP contribution in [-0.2, 0) is 0 Å². The summed E-state index contributed by atoms with van der Waals surface area (Å²) >= 11 is 0. The lowest BCUT2D eigenvalue weighted by atomic mass is 10.1. The first-order valence-electron chi connectivity index (χ1n) is 8.06. The van der Waals surface area contributed by atoms with Gasteiger partial charge in [-0.3, -0.25) is 9.97 Å². The Morgan fingerprint density at radius 3 is 2.57 bits per heavy atom. The fraction of sp³-hybridized carbons (Fsp3) is 0.263. The molecule has 0 amide bonds. The van der Waals surface area contributed by atoms with Crippen LogP contribution in [0.5, 0.6) is 0 Å². The molecule has 3 aromatic rings. The van der Waals surface area contributed by atoms with Crippen molar-refractivity contribution >= 4 is 22.3 Å². The molecule has 0 saturated carbocycles. The average molecular weight is 304 g/mol. The Morgan fingerprint density at radius 2 is 1.74 bits per heavy atom. The maximum absolute atomic E-state index is 4.41. The smallest absolute Gasteiger partial charge is 0.0905 e. The molecule has 1 aliphatic heterocycles. The molecule has 0 aliphatic carbocycles. The van der Waals surface area contributed by atoms with Crippen molar-refractivity contribution in [2.75, 3.05) is 36.0 Å². The fourth-order valence-corrected chi connectivity index (χ4v) is 3.29. The van der Waals surface area contributed by atoms with E-state index in [2.05, 4.69) is 63.1 Å². The van der Waals surface area contributed by atoms with Gasteiger partial charge in [-0.2, -0.15) is 0 Å². The highest BCUT2D eigenvalue weighted by Gasteiger charge is 2.19. The van der Waals surface area contributed by atoms with Gasteiger partial charge in [0.1, 0.15) is 0 Å². The van der Waals surface area contributed by atoms with E-state index in [0.29, 0.717) is 0 Å². The summed E-state index contributed by atoms with van der Waals surface area (Å²) in [6.07, 6.45) is 5.56. The van der Waals surface area contributed by atoms with Crippen LogP contribution >= 0.6 is 0 Å². The zero-order chi connectivity index (χ0) is 15.6. The Bertz CT molecular complexity index is 817. The number of aryl methyl sites for hydroxylation is 1. The van der Waals surface area contributed by atoms with E-state index in [1.54, 1.807) is 0 Å². The van der Waals surface area contributed by atoms with Gasteiger partial charge in [0.15, 0.2) is 0 Å². The first-order valence-corrected chi connectivity index (χ1v) is 8.06. The number of anilines is 2. The van der Waals surface area contributed by atoms with Crippen LogP contribution in [0.25, 0.3) is 10.9 Å². The molecule has 4 nitrogen and oxygen atoms in total. The number of hydrogen-bond donors (Lipinski definition) is 0. The van der Waals surface area contributed by atoms with Gasteiger partial charge in [-0.25, -0.2) is 0 Å². The lowest BCUT2D eigenvalue weighted by Gasteiger charge is -2.37. The number of rotatable bonds is 2. The summed E-state index contributed by atoms with van der Waals surface area (Å²) < 4.78 is 0. The predicted molar refractivity (Wildman–Crippen MR) is 95.1 cm³/mol. The fourth-order valence-electron chi connectivity index (χ4n) is 3.29. The summed E-state index contributed by atoms with van der Waals surface area (Å²) in [5, 5.41) is 1.19. The average Bonchev–Trinajstić information content (AvgIpc) is 2.61. The highest BCUT2D eigenvalue weighted by molar-refractivity contribution is 5.90. The molecule has 1 saturated heterocycles. The first kappa shape index (κ1) is 14.0. The molecule has 3 heterocycles. The van der Waals surface area contributed by atoms with E-state index in [1.807, 2.05) is 18.6 Å². The predicted octanol–water partition coefficient (Wildman–Crippen LogP) is 3.26. The first-order chi connectivity index (χ1) is 11.3. The Kier molecular flexibility index (Phi) is 3.58. The van der Waals surface area contributed by atoms with Crippen LogP contribution in [0.15, 0.2) is 55.0 Å². The summed E-state index contributed by atoms with van der Waals surface area (Å²) in [5.41, 5.74) is 4.87. The van der Waals surface area contributed by atoms with Crippen molar-refractivity contribution < 1.29 is 0 Å². The second-order valence-electron chi connectivity index (χ2n) is 6.04. The number of pyridine rings is 2. The Balaban J connectivity index is 1.55. The van der Waals surface area contributed by atoms with Crippen LogP contribution in [0.1, 0.15) is 5.56 Å². The van der Waals surface area contributed by atoms with E-state index >= 15 is 0 Å². The second kappa shape index (κ2) is 5.88. The van der Waals surface area contributed by atoms with Gasteiger partial charge >= 0.3 is 0 Å². The van der Waals surface area contributed by atoms with Crippen LogP contribution in [0.3, 0.4) is 0 Å². The van der Waals surface area contributed by atoms with Crippen molar-refractivity contribution in [3.8, 4) is 0 Å². The van der Waals surface area contributed by atoms with Crippen LogP contribution in [0.4, 0.5) is 11.4 Å². The van der Waals surface area contributed by atoms with Crippen molar-refractivity contribution in [1.29, 1.82) is 0 Å². The molecule has 2 aromatic heterocycles. The van der Waals surface area contributed by atoms with Gasteiger partial charge in [-0.05, 0) is 36.8 Å². The Hall–Kier alpha value is -2.62. The second-order valence-corrected chi connectivity index (χ2v) is 6.04. The van der Waals surface area contributed by atoms with Crippen LogP contribution in [-0.4, -0.2) is 36.1 Å². The molecule has 1 aromatic carbocycles. The number of aromatic nitrogens is 2. The molecule has 116 valence electrons. The van der Waals surface area contributed by atoms with Gasteiger partial charge in [-0.15, -0.1) is 0 Å². The third-order valence-corrected chi connectivity index (χ3v) is 4.51. The van der Waals surface area contributed by atoms with Crippen LogP contribution in [0, 0.1) is 6.92 Å². The van der Waals surface area contributed by atoms with Crippen molar-refractivity contribution in [3.63, 3.8) is 0 Å². The number of benzene rings is 1. The van der Waals surface area contributed by atoms with E-state index < -0.39 is 0 Å². The van der Waals surface area contributed by atoms with E-state index in [0.717, 1.165) is 31.7 Å². The van der Waals surface area contributed by atoms with Crippen molar-refractivity contribution in [2.24, 2.45) is 0 Å². The third kappa shape index (κ3) is 2.72. The maximum atomic E-state index is 4.41. The summed E-state index contributed by atoms with van der Waals surface area (Å²) in [7, 11) is 0. The lowest BCUT2D eigenvalue weighted by Crippen LogP contribution is -2.46. The SMILES string of the molecule is Cc1cccc(N2CCN(c3ccnc4cnccc34)CC2)c1. The third-order valence-electron chi connectivity index (χ3n) is 4.51. The number of piperazine rings is 1. The molecule has 0 atom stereocenters. The number of fused-ring (bicyclic) bond motifs is 1. The summed E-state index contributed by atoms with van der Waals surface area (Å²) in [6.45, 7) is 6.28. The quantitative estimate of drug-likeness (QED) is 0.727. The summed E-state index contributed by atoms with van der Waals surface area (Å²) in [6, 6.07) is 12.9. The lowest BCUT2D eigenvalue weighted by molar-refractivity contribution is 0.655. The van der Waals surface area contributed by atoms with Crippen LogP contribution < -0.4 is 9.80 Å². The van der Waals surface area contributed by atoms with Gasteiger partial charge in [0.05, 0.1) is 11.7 Å². The Labute approximate surface area is 136 Å². The molecule has 1 fully saturated rings. The zero-order valence-corrected chi connectivity index (χ0v) is 13.3. The largest absolute Gasteiger partial charge is 0.368 e. The van der Waals surface area contributed by atoms with Gasteiger partial charge in [0, 0.05) is 55.3 Å². The van der Waals surface area contributed by atoms with Gasteiger partial charge in [0.25, 0.3) is 0 Å². The van der Waals surface area contributed by atoms with Crippen molar-refractivity contribution in [3.05, 3.63) is 60.6 Å². The minimum absolute atomic E-state index is 0.964. The molecule has 1 aliphatic rings. The van der Waals surface area contributed by atoms with E-state index in [-0.39, 0.29) is 0 Å². The minimum atomic E-state index is 0.964. The monoisotopic (exact) mass is 304 g/mol. The molecule has 0 N–H and O–H groups in total. The van der Waals surface area contributed by atoms with E-state index in [9.17, 15) is 0 Å². The minimum Gasteiger partial charge on any atom is -0.368 e. The molecular formula is C19H20N4. The molecular weight excluding hydrogens is 284 g/mol. The summed E-state index contributed by atoms with van der Waals surface area (Å²) in [5.74, 6) is 0. The molecule has 0 unspecified atom stereocenters.